The molecule has 3 heteroatoms. The summed E-state index contributed by atoms with van der Waals surface area (Å²) in [5.74, 6) is 0.893. The van der Waals surface area contributed by atoms with E-state index in [9.17, 15) is 0 Å². The van der Waals surface area contributed by atoms with Crippen LogP contribution in [0.1, 0.15) is 0 Å². The number of hydrogen-bond donors (Lipinski definition) is 0. The van der Waals surface area contributed by atoms with Crippen molar-refractivity contribution in [3.63, 3.8) is 0 Å². The molecule has 0 fully saturated rings. The van der Waals surface area contributed by atoms with Crippen LogP contribution in [-0.2, 0) is 6.54 Å². The van der Waals surface area contributed by atoms with Crippen molar-refractivity contribution < 1.29 is 26.3 Å². The van der Waals surface area contributed by atoms with E-state index in [1.54, 1.807) is 7.11 Å². The third kappa shape index (κ3) is 2.61. The zero-order valence-electron chi connectivity index (χ0n) is 9.19. The van der Waals surface area contributed by atoms with Crippen molar-refractivity contribution in [1.82, 2.24) is 0 Å². The molecule has 0 unspecified atom stereocenters. The number of nitrogens with zero attached hydrogens (tertiary/aromatic N) is 1. The molecular weight excluding hydrogens is 266 g/mol. The lowest BCUT2D eigenvalue weighted by Crippen LogP contribution is -3.00. The van der Waals surface area contributed by atoms with Crippen LogP contribution in [0, 0.1) is 0 Å². The van der Waals surface area contributed by atoms with Crippen LogP contribution in [-0.4, -0.2) is 7.11 Å². The van der Waals surface area contributed by atoms with Gasteiger partial charge in [0.15, 0.2) is 18.9 Å². The molecule has 0 aliphatic heterocycles. The van der Waals surface area contributed by atoms with Gasteiger partial charge in [0, 0.05) is 11.5 Å². The first kappa shape index (κ1) is 12.7. The van der Waals surface area contributed by atoms with Crippen LogP contribution in [0.25, 0.3) is 10.8 Å². The number of hydrogen-bond acceptors (Lipinski definition) is 1. The number of halogens is 1. The molecule has 0 spiro atoms. The van der Waals surface area contributed by atoms with E-state index in [0.29, 0.717) is 0 Å². The summed E-state index contributed by atoms with van der Waals surface area (Å²) >= 11 is 0. The Balaban J connectivity index is 0.00000128. The van der Waals surface area contributed by atoms with Crippen molar-refractivity contribution in [3.05, 3.63) is 49.3 Å². The van der Waals surface area contributed by atoms with E-state index in [0.717, 1.165) is 12.3 Å². The van der Waals surface area contributed by atoms with Crippen LogP contribution < -0.4 is 26.3 Å². The zero-order chi connectivity index (χ0) is 10.7. The molecule has 0 amide bonds. The smallest absolute Gasteiger partial charge is 0.176 e. The van der Waals surface area contributed by atoms with Gasteiger partial charge in [-0.15, -0.1) is 0 Å². The highest BCUT2D eigenvalue weighted by Crippen LogP contribution is 2.18. The number of ether oxygens (including phenoxy) is 1. The molecule has 0 aliphatic carbocycles. The number of aromatic nitrogens is 1. The monoisotopic (exact) mass is 279 g/mol. The molecule has 1 aromatic carbocycles. The lowest BCUT2D eigenvalue weighted by atomic mass is 10.2. The molecule has 1 heterocycles. The van der Waals surface area contributed by atoms with E-state index in [2.05, 4.69) is 29.5 Å². The van der Waals surface area contributed by atoms with Gasteiger partial charge in [0.1, 0.15) is 5.75 Å². The Kier molecular flexibility index (Phi) is 4.50. The predicted molar refractivity (Wildman–Crippen MR) is 60.9 cm³/mol. The predicted octanol–water partition coefficient (Wildman–Crippen LogP) is -0.674. The van der Waals surface area contributed by atoms with Gasteiger partial charge in [-0.05, 0) is 29.7 Å². The van der Waals surface area contributed by atoms with Crippen LogP contribution in [0.15, 0.2) is 49.3 Å². The largest absolute Gasteiger partial charge is 1.00 e. The second-order valence-electron chi connectivity index (χ2n) is 3.43. The Bertz CT molecular complexity index is 496. The number of methoxy groups -OCH3 is 1. The highest BCUT2D eigenvalue weighted by atomic mass is 79.9. The summed E-state index contributed by atoms with van der Waals surface area (Å²) in [5.41, 5.74) is 0. The fourth-order valence-corrected chi connectivity index (χ4v) is 1.60. The maximum atomic E-state index is 5.18. The molecule has 0 N–H and O–H groups in total. The molecule has 0 atom stereocenters. The SMILES string of the molecule is C=CC[n+]1ccc2cc(OC)ccc2c1.[Br-]. The zero-order valence-corrected chi connectivity index (χ0v) is 10.8. The Morgan fingerprint density at radius 3 is 2.81 bits per heavy atom. The average Bonchev–Trinajstić information content (AvgIpc) is 2.29. The quantitative estimate of drug-likeness (QED) is 0.537. The Hall–Kier alpha value is -1.35. The number of benzene rings is 1. The van der Waals surface area contributed by atoms with Gasteiger partial charge in [-0.25, -0.2) is 4.57 Å². The topological polar surface area (TPSA) is 13.1 Å². The van der Waals surface area contributed by atoms with Gasteiger partial charge >= 0.3 is 0 Å². The van der Waals surface area contributed by atoms with E-state index < -0.39 is 0 Å². The molecule has 84 valence electrons. The van der Waals surface area contributed by atoms with Gasteiger partial charge in [0.2, 0.25) is 0 Å². The van der Waals surface area contributed by atoms with Crippen LogP contribution in [0.4, 0.5) is 0 Å². The van der Waals surface area contributed by atoms with Crippen LogP contribution in [0.2, 0.25) is 0 Å². The minimum absolute atomic E-state index is 0. The molecule has 0 radical (unpaired) electrons. The molecule has 2 aromatic rings. The average molecular weight is 280 g/mol. The normalized spacial score (nSPS) is 9.56. The standard InChI is InChI=1S/C13H14NO.BrH/c1-3-7-14-8-6-11-9-13(15-2)5-4-12(11)10-14;/h3-6,8-10H,1,7H2,2H3;1H/q+1;/p-1. The summed E-state index contributed by atoms with van der Waals surface area (Å²) in [4.78, 5) is 0. The molecule has 2 rings (SSSR count). The van der Waals surface area contributed by atoms with Gasteiger partial charge < -0.3 is 21.7 Å². The minimum Gasteiger partial charge on any atom is -1.00 e. The van der Waals surface area contributed by atoms with Crippen molar-refractivity contribution in [3.8, 4) is 5.75 Å². The summed E-state index contributed by atoms with van der Waals surface area (Å²) in [6, 6.07) is 8.16. The maximum absolute atomic E-state index is 5.18. The first-order chi connectivity index (χ1) is 7.33. The van der Waals surface area contributed by atoms with Crippen molar-refractivity contribution in [2.24, 2.45) is 0 Å². The molecule has 0 saturated carbocycles. The lowest BCUT2D eigenvalue weighted by molar-refractivity contribution is -0.685. The molecule has 16 heavy (non-hydrogen) atoms. The van der Waals surface area contributed by atoms with E-state index >= 15 is 0 Å². The summed E-state index contributed by atoms with van der Waals surface area (Å²) in [6.45, 7) is 4.56. The highest BCUT2D eigenvalue weighted by molar-refractivity contribution is 5.82. The molecule has 1 aromatic heterocycles. The second kappa shape index (κ2) is 5.66. The van der Waals surface area contributed by atoms with Gasteiger partial charge in [-0.3, -0.25) is 0 Å². The summed E-state index contributed by atoms with van der Waals surface area (Å²) < 4.78 is 7.28. The Morgan fingerprint density at radius 2 is 2.12 bits per heavy atom. The Morgan fingerprint density at radius 1 is 1.31 bits per heavy atom. The first-order valence-electron chi connectivity index (χ1n) is 4.91. The van der Waals surface area contributed by atoms with Gasteiger partial charge in [-0.2, -0.15) is 0 Å². The maximum Gasteiger partial charge on any atom is 0.176 e. The van der Waals surface area contributed by atoms with E-state index in [1.165, 1.54) is 10.8 Å². The third-order valence-electron chi connectivity index (χ3n) is 2.38. The summed E-state index contributed by atoms with van der Waals surface area (Å²) in [6.07, 6.45) is 6.04. The fraction of sp³-hybridized carbons (Fsp3) is 0.154. The van der Waals surface area contributed by atoms with Crippen molar-refractivity contribution in [2.45, 2.75) is 6.54 Å². The number of allylic oxidation sites excluding steroid dienone is 1. The van der Waals surface area contributed by atoms with Crippen LogP contribution in [0.3, 0.4) is 0 Å². The molecular formula is C13H14BrNO. The van der Waals surface area contributed by atoms with Crippen LogP contribution in [0.5, 0.6) is 5.75 Å². The first-order valence-corrected chi connectivity index (χ1v) is 4.91. The second-order valence-corrected chi connectivity index (χ2v) is 3.43. The van der Waals surface area contributed by atoms with Crippen molar-refractivity contribution in [2.75, 3.05) is 7.11 Å². The number of rotatable bonds is 3. The molecule has 0 bridgehead atoms. The lowest BCUT2D eigenvalue weighted by Gasteiger charge is -2.01. The van der Waals surface area contributed by atoms with Crippen molar-refractivity contribution >= 4 is 10.8 Å². The number of pyridine rings is 1. The van der Waals surface area contributed by atoms with Gasteiger partial charge in [0.05, 0.1) is 7.11 Å². The summed E-state index contributed by atoms with van der Waals surface area (Å²) in [7, 11) is 1.68. The third-order valence-corrected chi connectivity index (χ3v) is 2.38. The highest BCUT2D eigenvalue weighted by Gasteiger charge is 2.02. The van der Waals surface area contributed by atoms with E-state index in [-0.39, 0.29) is 17.0 Å². The van der Waals surface area contributed by atoms with E-state index in [4.69, 9.17) is 4.74 Å². The van der Waals surface area contributed by atoms with Crippen LogP contribution >= 0.6 is 0 Å². The van der Waals surface area contributed by atoms with Crippen molar-refractivity contribution in [1.29, 1.82) is 0 Å². The molecule has 0 saturated heterocycles. The van der Waals surface area contributed by atoms with Gasteiger partial charge in [-0.1, -0.05) is 6.58 Å². The summed E-state index contributed by atoms with van der Waals surface area (Å²) in [5, 5.41) is 2.40. The Labute approximate surface area is 106 Å². The van der Waals surface area contributed by atoms with Gasteiger partial charge in [0.25, 0.3) is 0 Å². The fourth-order valence-electron chi connectivity index (χ4n) is 1.60. The minimum atomic E-state index is 0. The number of fused-ring (bicyclic) bond motifs is 1. The molecule has 2 nitrogen and oxygen atoms in total. The molecule has 0 aliphatic rings. The van der Waals surface area contributed by atoms with E-state index in [1.807, 2.05) is 24.4 Å².